The van der Waals surface area contributed by atoms with Crippen LogP contribution in [-0.2, 0) is 9.47 Å². The molecule has 4 fully saturated rings. The fourth-order valence-electron chi connectivity index (χ4n) is 8.04. The van der Waals surface area contributed by atoms with Gasteiger partial charge in [-0.2, -0.15) is 0 Å². The van der Waals surface area contributed by atoms with Crippen LogP contribution in [0.4, 0.5) is 0 Å². The van der Waals surface area contributed by atoms with Crippen LogP contribution >= 0.6 is 0 Å². The number of allylic oxidation sites excluding steroid dienone is 15. The van der Waals surface area contributed by atoms with Crippen LogP contribution in [0, 0.1) is 10.8 Å². The maximum Gasteiger partial charge on any atom is 0.121 e. The van der Waals surface area contributed by atoms with E-state index in [0.717, 1.165) is 24.8 Å². The summed E-state index contributed by atoms with van der Waals surface area (Å²) in [5.41, 5.74) is 3.09. The molecular formula is C40H56O4. The van der Waals surface area contributed by atoms with Gasteiger partial charge in [-0.3, -0.25) is 0 Å². The van der Waals surface area contributed by atoms with E-state index in [-0.39, 0.29) is 45.4 Å². The molecule has 2 aliphatic heterocycles. The molecule has 0 aromatic heterocycles. The van der Waals surface area contributed by atoms with Gasteiger partial charge in [0.25, 0.3) is 0 Å². The highest BCUT2D eigenvalue weighted by Gasteiger charge is 2.75. The number of hydrogen-bond acceptors (Lipinski definition) is 4. The third-order valence-corrected chi connectivity index (χ3v) is 10.5. The van der Waals surface area contributed by atoms with Gasteiger partial charge in [0.15, 0.2) is 0 Å². The second-order valence-electron chi connectivity index (χ2n) is 15.4. The molecule has 4 rings (SSSR count). The average Bonchev–Trinajstić information content (AvgIpc) is 3.73. The van der Waals surface area contributed by atoms with Gasteiger partial charge in [0.05, 0.1) is 12.2 Å². The molecule has 0 radical (unpaired) electrons. The van der Waals surface area contributed by atoms with Crippen LogP contribution in [0.2, 0.25) is 0 Å². The topological polar surface area (TPSA) is 65.5 Å². The molecule has 0 amide bonds. The molecule has 44 heavy (non-hydrogen) atoms. The molecule has 0 aromatic rings. The second kappa shape index (κ2) is 12.4. The fraction of sp³-hybridized carbons (Fsp3) is 0.550. The Morgan fingerprint density at radius 2 is 1.14 bits per heavy atom. The third kappa shape index (κ3) is 6.84. The first-order chi connectivity index (χ1) is 20.4. The molecule has 240 valence electrons. The molecule has 2 heterocycles. The lowest BCUT2D eigenvalue weighted by molar-refractivity contribution is 0.0510. The van der Waals surface area contributed by atoms with Crippen molar-refractivity contribution in [1.82, 2.24) is 0 Å². The van der Waals surface area contributed by atoms with Crippen molar-refractivity contribution in [3.05, 3.63) is 108 Å². The lowest BCUT2D eigenvalue weighted by Gasteiger charge is -2.39. The smallest absolute Gasteiger partial charge is 0.121 e. The van der Waals surface area contributed by atoms with E-state index in [1.54, 1.807) is 0 Å². The number of fused-ring (bicyclic) bond motifs is 2. The summed E-state index contributed by atoms with van der Waals surface area (Å²) in [6.07, 6.45) is 30.8. The summed E-state index contributed by atoms with van der Waals surface area (Å²) in [6, 6.07) is 0. The van der Waals surface area contributed by atoms with Crippen molar-refractivity contribution < 1.29 is 19.7 Å². The number of aliphatic hydroxyl groups excluding tert-OH is 2. The summed E-state index contributed by atoms with van der Waals surface area (Å²) in [5.74, 6) is 0. The number of epoxide rings is 2. The summed E-state index contributed by atoms with van der Waals surface area (Å²) < 4.78 is 12.5. The van der Waals surface area contributed by atoms with Crippen LogP contribution in [0.5, 0.6) is 0 Å². The van der Waals surface area contributed by atoms with Crippen molar-refractivity contribution in [2.24, 2.45) is 10.8 Å². The molecule has 4 heteroatoms. The van der Waals surface area contributed by atoms with Gasteiger partial charge in [-0.1, -0.05) is 118 Å². The van der Waals surface area contributed by atoms with Crippen LogP contribution in [-0.4, -0.2) is 44.8 Å². The Balaban J connectivity index is 1.22. The van der Waals surface area contributed by atoms with Gasteiger partial charge in [-0.05, 0) is 71.6 Å². The average molecular weight is 601 g/mol. The van der Waals surface area contributed by atoms with Crippen molar-refractivity contribution in [3.8, 4) is 0 Å². The number of hydrogen-bond donors (Lipinski definition) is 2. The quantitative estimate of drug-likeness (QED) is 0.184. The third-order valence-electron chi connectivity index (χ3n) is 10.5. The molecule has 0 aromatic carbocycles. The largest absolute Gasteiger partial charge is 0.393 e. The fourth-order valence-corrected chi connectivity index (χ4v) is 8.04. The summed E-state index contributed by atoms with van der Waals surface area (Å²) in [6.45, 7) is 23.5. The molecule has 6 atom stereocenters. The second-order valence-corrected chi connectivity index (χ2v) is 15.4. The maximum absolute atomic E-state index is 10.3. The van der Waals surface area contributed by atoms with E-state index >= 15 is 0 Å². The number of aliphatic hydroxyl groups is 2. The Morgan fingerprint density at radius 3 is 1.66 bits per heavy atom. The van der Waals surface area contributed by atoms with E-state index in [1.165, 1.54) is 16.7 Å². The lowest BCUT2D eigenvalue weighted by Crippen LogP contribution is -2.46. The number of ether oxygens (including phenoxy) is 2. The minimum Gasteiger partial charge on any atom is -0.393 e. The normalized spacial score (nSPS) is 38.7. The highest BCUT2D eigenvalue weighted by atomic mass is 16.6. The molecule has 0 bridgehead atoms. The Morgan fingerprint density at radius 1 is 0.659 bits per heavy atom. The predicted molar refractivity (Wildman–Crippen MR) is 183 cm³/mol. The molecule has 0 unspecified atom stereocenters. The van der Waals surface area contributed by atoms with Crippen LogP contribution in [0.25, 0.3) is 0 Å². The first-order valence-electron chi connectivity index (χ1n) is 16.3. The van der Waals surface area contributed by atoms with E-state index in [2.05, 4.69) is 136 Å². The zero-order chi connectivity index (χ0) is 32.6. The van der Waals surface area contributed by atoms with E-state index < -0.39 is 0 Å². The van der Waals surface area contributed by atoms with Crippen molar-refractivity contribution in [3.63, 3.8) is 0 Å². The van der Waals surface area contributed by atoms with Crippen LogP contribution in [0.1, 0.15) is 94.4 Å². The Kier molecular flexibility index (Phi) is 9.66. The standard InChI is InChI=1S/C40H56O4/c1-29(17-13-19-31(3)21-23-39-35(5,6)25-33(41)27-37(39,9)43-39)15-11-12-16-30(2)18-14-20-32(4)22-24-40-36(7,8)26-34(42)28-38(40,10)44-40/h11,13-24,33-34,41-42H,3,12,25-28H2,1-2,4-10H3/b15-11+,18-14+,19-13+,23-21+,24-22+,29-17+,30-16+,32-20+/t33-,34-,37+,38+,39-,40-/m0/s1. The highest BCUT2D eigenvalue weighted by molar-refractivity contribution is 5.39. The highest BCUT2D eigenvalue weighted by Crippen LogP contribution is 2.67. The molecule has 2 saturated heterocycles. The summed E-state index contributed by atoms with van der Waals surface area (Å²) >= 11 is 0. The van der Waals surface area contributed by atoms with Gasteiger partial charge in [0.1, 0.15) is 22.4 Å². The van der Waals surface area contributed by atoms with Crippen LogP contribution in [0.15, 0.2) is 108 Å². The first kappa shape index (κ1) is 34.4. The Labute approximate surface area is 267 Å². The summed E-state index contributed by atoms with van der Waals surface area (Å²) in [4.78, 5) is 0. The lowest BCUT2D eigenvalue weighted by atomic mass is 9.63. The van der Waals surface area contributed by atoms with E-state index in [0.29, 0.717) is 12.8 Å². The minimum atomic E-state index is -0.330. The monoisotopic (exact) mass is 600 g/mol. The number of rotatable bonds is 11. The van der Waals surface area contributed by atoms with Crippen molar-refractivity contribution in [1.29, 1.82) is 0 Å². The summed E-state index contributed by atoms with van der Waals surface area (Å²) in [7, 11) is 0. The van der Waals surface area contributed by atoms with Crippen molar-refractivity contribution >= 4 is 0 Å². The van der Waals surface area contributed by atoms with E-state index in [4.69, 9.17) is 9.47 Å². The predicted octanol–water partition coefficient (Wildman–Crippen LogP) is 8.97. The summed E-state index contributed by atoms with van der Waals surface area (Å²) in [5, 5.41) is 20.5. The van der Waals surface area contributed by atoms with Gasteiger partial charge < -0.3 is 19.7 Å². The molecule has 4 aliphatic rings. The SMILES string of the molecule is C=C(/C=C/C=C(C)/C=C/C/C=C(C)/C=C/C=C(C)/C=C/[C@@]12O[C@]1(C)C[C@@H](O)CC2(C)C)/C=C/[C@@]12O[C@]1(C)C[C@@H](O)CC2(C)C. The Hall–Kier alpha value is -2.50. The van der Waals surface area contributed by atoms with Crippen LogP contribution in [0.3, 0.4) is 0 Å². The first-order valence-corrected chi connectivity index (χ1v) is 16.3. The van der Waals surface area contributed by atoms with Gasteiger partial charge in [-0.15, -0.1) is 0 Å². The zero-order valence-electron chi connectivity index (χ0n) is 28.6. The molecule has 2 aliphatic carbocycles. The van der Waals surface area contributed by atoms with Crippen LogP contribution < -0.4 is 0 Å². The maximum atomic E-state index is 10.3. The zero-order valence-corrected chi connectivity index (χ0v) is 28.6. The molecule has 2 N–H and O–H groups in total. The van der Waals surface area contributed by atoms with E-state index in [1.807, 2.05) is 12.2 Å². The van der Waals surface area contributed by atoms with Crippen molar-refractivity contribution in [2.45, 2.75) is 129 Å². The van der Waals surface area contributed by atoms with Gasteiger partial charge in [0, 0.05) is 23.7 Å². The molecular weight excluding hydrogens is 544 g/mol. The van der Waals surface area contributed by atoms with Crippen molar-refractivity contribution in [2.75, 3.05) is 0 Å². The minimum absolute atomic E-state index is 0.0956. The Bertz CT molecular complexity index is 1360. The van der Waals surface area contributed by atoms with E-state index in [9.17, 15) is 10.2 Å². The van der Waals surface area contributed by atoms with Gasteiger partial charge in [0.2, 0.25) is 0 Å². The molecule has 0 spiro atoms. The molecule has 2 saturated carbocycles. The molecule has 4 nitrogen and oxygen atoms in total. The van der Waals surface area contributed by atoms with Gasteiger partial charge >= 0.3 is 0 Å². The van der Waals surface area contributed by atoms with Gasteiger partial charge in [-0.25, -0.2) is 0 Å².